The van der Waals surface area contributed by atoms with Crippen LogP contribution in [-0.4, -0.2) is 23.3 Å². The minimum absolute atomic E-state index is 0.0576. The average molecular weight is 265 g/mol. The number of rotatable bonds is 3. The molecule has 0 aromatic heterocycles. The van der Waals surface area contributed by atoms with Crippen molar-refractivity contribution in [2.75, 3.05) is 6.61 Å². The molecule has 0 aromatic carbocycles. The minimum Gasteiger partial charge on any atom is -0.394 e. The first-order chi connectivity index (χ1) is 9.18. The van der Waals surface area contributed by atoms with Gasteiger partial charge in [-0.2, -0.15) is 0 Å². The number of nitrogens with one attached hydrogen (secondary N) is 1. The summed E-state index contributed by atoms with van der Waals surface area (Å²) < 4.78 is 0. The number of aliphatic hydroxyl groups excluding tert-OH is 1. The van der Waals surface area contributed by atoms with E-state index in [1.807, 2.05) is 0 Å². The third-order valence-electron chi connectivity index (χ3n) is 6.53. The molecule has 0 heterocycles. The minimum atomic E-state index is 0.0576. The SMILES string of the molecule is CC1CCC(CO)(NC2CCC23CCCCC3)CC1. The van der Waals surface area contributed by atoms with E-state index in [0.29, 0.717) is 18.1 Å². The highest BCUT2D eigenvalue weighted by atomic mass is 16.3. The number of hydrogen-bond donors (Lipinski definition) is 2. The van der Waals surface area contributed by atoms with Gasteiger partial charge in [-0.15, -0.1) is 0 Å². The second-order valence-electron chi connectivity index (χ2n) is 7.78. The Morgan fingerprint density at radius 1 is 0.947 bits per heavy atom. The first-order valence-corrected chi connectivity index (χ1v) is 8.57. The molecule has 0 bridgehead atoms. The van der Waals surface area contributed by atoms with Crippen molar-refractivity contribution >= 4 is 0 Å². The predicted octanol–water partition coefficient (Wildman–Crippen LogP) is 3.63. The van der Waals surface area contributed by atoms with Crippen LogP contribution in [0.2, 0.25) is 0 Å². The van der Waals surface area contributed by atoms with Crippen LogP contribution in [0.4, 0.5) is 0 Å². The van der Waals surface area contributed by atoms with Crippen LogP contribution in [0.5, 0.6) is 0 Å². The standard InChI is InChI=1S/C17H31NO/c1-14-5-11-17(13-19,12-6-14)18-15-7-10-16(15)8-3-2-4-9-16/h14-15,18-19H,2-13H2,1H3. The lowest BCUT2D eigenvalue weighted by atomic mass is 9.56. The summed E-state index contributed by atoms with van der Waals surface area (Å²) in [5, 5.41) is 13.9. The Hall–Kier alpha value is -0.0800. The van der Waals surface area contributed by atoms with Crippen LogP contribution in [0.25, 0.3) is 0 Å². The van der Waals surface area contributed by atoms with Gasteiger partial charge in [0.05, 0.1) is 6.61 Å². The van der Waals surface area contributed by atoms with E-state index in [0.717, 1.165) is 5.92 Å². The zero-order valence-corrected chi connectivity index (χ0v) is 12.6. The Labute approximate surface area is 118 Å². The second kappa shape index (κ2) is 5.37. The van der Waals surface area contributed by atoms with Gasteiger partial charge in [0.2, 0.25) is 0 Å². The van der Waals surface area contributed by atoms with E-state index in [4.69, 9.17) is 0 Å². The van der Waals surface area contributed by atoms with Gasteiger partial charge in [-0.3, -0.25) is 0 Å². The second-order valence-corrected chi connectivity index (χ2v) is 7.78. The summed E-state index contributed by atoms with van der Waals surface area (Å²) in [6.07, 6.45) is 14.9. The lowest BCUT2D eigenvalue weighted by Gasteiger charge is -2.56. The molecule has 110 valence electrons. The lowest BCUT2D eigenvalue weighted by Crippen LogP contribution is -2.63. The fourth-order valence-corrected chi connectivity index (χ4v) is 4.81. The van der Waals surface area contributed by atoms with E-state index in [1.165, 1.54) is 70.6 Å². The molecule has 1 unspecified atom stereocenters. The summed E-state index contributed by atoms with van der Waals surface area (Å²) in [6, 6.07) is 0.702. The van der Waals surface area contributed by atoms with E-state index < -0.39 is 0 Å². The van der Waals surface area contributed by atoms with Crippen molar-refractivity contribution in [3.8, 4) is 0 Å². The van der Waals surface area contributed by atoms with Gasteiger partial charge in [0, 0.05) is 11.6 Å². The Morgan fingerprint density at radius 2 is 1.63 bits per heavy atom. The maximum Gasteiger partial charge on any atom is 0.0613 e. The van der Waals surface area contributed by atoms with Crippen LogP contribution in [0.15, 0.2) is 0 Å². The van der Waals surface area contributed by atoms with Crippen LogP contribution in [0.1, 0.15) is 77.6 Å². The van der Waals surface area contributed by atoms with Gasteiger partial charge in [0.15, 0.2) is 0 Å². The number of hydrogen-bond acceptors (Lipinski definition) is 2. The molecular weight excluding hydrogens is 234 g/mol. The zero-order chi connectivity index (χ0) is 13.3. The van der Waals surface area contributed by atoms with Crippen molar-refractivity contribution in [1.29, 1.82) is 0 Å². The molecule has 2 nitrogen and oxygen atoms in total. The Kier molecular flexibility index (Phi) is 3.92. The lowest BCUT2D eigenvalue weighted by molar-refractivity contribution is -0.0180. The molecule has 1 spiro atoms. The largest absolute Gasteiger partial charge is 0.394 e. The molecule has 3 rings (SSSR count). The molecule has 3 fully saturated rings. The monoisotopic (exact) mass is 265 g/mol. The van der Waals surface area contributed by atoms with E-state index in [2.05, 4.69) is 12.2 Å². The van der Waals surface area contributed by atoms with Crippen LogP contribution < -0.4 is 5.32 Å². The van der Waals surface area contributed by atoms with Crippen molar-refractivity contribution in [1.82, 2.24) is 5.32 Å². The fraction of sp³-hybridized carbons (Fsp3) is 1.00. The highest BCUT2D eigenvalue weighted by molar-refractivity contribution is 5.06. The summed E-state index contributed by atoms with van der Waals surface area (Å²) in [7, 11) is 0. The maximum atomic E-state index is 9.92. The summed E-state index contributed by atoms with van der Waals surface area (Å²) in [5.41, 5.74) is 0.672. The molecule has 3 aliphatic rings. The van der Waals surface area contributed by atoms with Crippen molar-refractivity contribution in [2.45, 2.75) is 89.1 Å². The van der Waals surface area contributed by atoms with Gasteiger partial charge < -0.3 is 10.4 Å². The molecule has 0 aromatic rings. The molecule has 0 amide bonds. The zero-order valence-electron chi connectivity index (χ0n) is 12.6. The van der Waals surface area contributed by atoms with Gasteiger partial charge in [0.25, 0.3) is 0 Å². The smallest absolute Gasteiger partial charge is 0.0613 e. The van der Waals surface area contributed by atoms with Crippen molar-refractivity contribution in [3.63, 3.8) is 0 Å². The molecule has 1 atom stereocenters. The highest BCUT2D eigenvalue weighted by Crippen LogP contribution is 2.52. The van der Waals surface area contributed by atoms with Gasteiger partial charge in [-0.05, 0) is 62.7 Å². The molecular formula is C17H31NO. The first kappa shape index (κ1) is 13.9. The molecule has 2 heteroatoms. The van der Waals surface area contributed by atoms with Crippen LogP contribution in [0, 0.1) is 11.3 Å². The van der Waals surface area contributed by atoms with E-state index in [1.54, 1.807) is 0 Å². The molecule has 0 radical (unpaired) electrons. The maximum absolute atomic E-state index is 9.92. The molecule has 3 saturated carbocycles. The van der Waals surface area contributed by atoms with Gasteiger partial charge in [-0.25, -0.2) is 0 Å². The molecule has 19 heavy (non-hydrogen) atoms. The predicted molar refractivity (Wildman–Crippen MR) is 79.1 cm³/mol. The quantitative estimate of drug-likeness (QED) is 0.816. The summed E-state index contributed by atoms with van der Waals surface area (Å²) in [6.45, 7) is 2.69. The van der Waals surface area contributed by atoms with Gasteiger partial charge >= 0.3 is 0 Å². The van der Waals surface area contributed by atoms with E-state index in [-0.39, 0.29) is 5.54 Å². The topological polar surface area (TPSA) is 32.3 Å². The average Bonchev–Trinajstić information content (AvgIpc) is 2.47. The Morgan fingerprint density at radius 3 is 2.16 bits per heavy atom. The molecule has 0 aliphatic heterocycles. The van der Waals surface area contributed by atoms with Crippen molar-refractivity contribution in [2.24, 2.45) is 11.3 Å². The normalized spacial score (nSPS) is 42.0. The summed E-state index contributed by atoms with van der Waals surface area (Å²) in [5.74, 6) is 0.853. The number of aliphatic hydroxyl groups is 1. The molecule has 2 N–H and O–H groups in total. The summed E-state index contributed by atoms with van der Waals surface area (Å²) >= 11 is 0. The first-order valence-electron chi connectivity index (χ1n) is 8.57. The third kappa shape index (κ3) is 2.58. The van der Waals surface area contributed by atoms with Gasteiger partial charge in [0.1, 0.15) is 0 Å². The van der Waals surface area contributed by atoms with Crippen molar-refractivity contribution in [3.05, 3.63) is 0 Å². The van der Waals surface area contributed by atoms with E-state index >= 15 is 0 Å². The van der Waals surface area contributed by atoms with Crippen LogP contribution in [-0.2, 0) is 0 Å². The Bertz CT molecular complexity index is 300. The third-order valence-corrected chi connectivity index (χ3v) is 6.53. The van der Waals surface area contributed by atoms with E-state index in [9.17, 15) is 5.11 Å². The summed E-state index contributed by atoms with van der Waals surface area (Å²) in [4.78, 5) is 0. The van der Waals surface area contributed by atoms with Gasteiger partial charge in [-0.1, -0.05) is 26.2 Å². The van der Waals surface area contributed by atoms with Crippen LogP contribution >= 0.6 is 0 Å². The van der Waals surface area contributed by atoms with Crippen LogP contribution in [0.3, 0.4) is 0 Å². The molecule has 0 saturated heterocycles. The highest BCUT2D eigenvalue weighted by Gasteiger charge is 2.49. The van der Waals surface area contributed by atoms with Crippen molar-refractivity contribution < 1.29 is 5.11 Å². The fourth-order valence-electron chi connectivity index (χ4n) is 4.81. The Balaban J connectivity index is 1.63. The molecule has 3 aliphatic carbocycles.